The number of rotatable bonds is 63. The maximum Gasteiger partial charge on any atom is 0.220 e. The second-order valence-electron chi connectivity index (χ2n) is 23.2. The lowest BCUT2D eigenvalue weighted by Gasteiger charge is -2.22. The van der Waals surface area contributed by atoms with Crippen molar-refractivity contribution < 1.29 is 15.0 Å². The van der Waals surface area contributed by atoms with Gasteiger partial charge in [0.25, 0.3) is 0 Å². The van der Waals surface area contributed by atoms with Crippen LogP contribution in [0.4, 0.5) is 0 Å². The maximum atomic E-state index is 12.6. The Bertz CT molecular complexity index is 1420. The highest BCUT2D eigenvalue weighted by Gasteiger charge is 2.20. The van der Waals surface area contributed by atoms with Crippen molar-refractivity contribution in [1.82, 2.24) is 5.32 Å². The van der Waals surface area contributed by atoms with Gasteiger partial charge in [-0.25, -0.2) is 0 Å². The first kappa shape index (κ1) is 75.3. The quantitative estimate of drug-likeness (QED) is 0.0420. The summed E-state index contributed by atoms with van der Waals surface area (Å²) < 4.78 is 0. The first-order chi connectivity index (χ1) is 38.7. The molecule has 0 spiro atoms. The van der Waals surface area contributed by atoms with Crippen LogP contribution in [0.5, 0.6) is 0 Å². The van der Waals surface area contributed by atoms with Gasteiger partial charge >= 0.3 is 0 Å². The van der Waals surface area contributed by atoms with E-state index in [4.69, 9.17) is 0 Å². The van der Waals surface area contributed by atoms with Gasteiger partial charge in [-0.15, -0.1) is 0 Å². The Labute approximate surface area is 487 Å². The van der Waals surface area contributed by atoms with Crippen LogP contribution in [-0.4, -0.2) is 34.9 Å². The zero-order valence-corrected chi connectivity index (χ0v) is 52.2. The summed E-state index contributed by atoms with van der Waals surface area (Å²) in [4.78, 5) is 12.6. The van der Waals surface area contributed by atoms with Gasteiger partial charge in [0.2, 0.25) is 5.91 Å². The molecular formula is C74H133NO3. The molecule has 78 heavy (non-hydrogen) atoms. The fourth-order valence-electron chi connectivity index (χ4n) is 10.4. The highest BCUT2D eigenvalue weighted by atomic mass is 16.3. The number of carbonyl (C=O) groups is 1. The van der Waals surface area contributed by atoms with Crippen LogP contribution in [0.3, 0.4) is 0 Å². The molecule has 0 aliphatic carbocycles. The lowest BCUT2D eigenvalue weighted by molar-refractivity contribution is -0.123. The highest BCUT2D eigenvalue weighted by Crippen LogP contribution is 2.18. The van der Waals surface area contributed by atoms with Crippen molar-refractivity contribution in [2.45, 2.75) is 360 Å². The molecule has 1 amide bonds. The van der Waals surface area contributed by atoms with Gasteiger partial charge in [0, 0.05) is 6.42 Å². The van der Waals surface area contributed by atoms with E-state index in [0.29, 0.717) is 12.8 Å². The second-order valence-corrected chi connectivity index (χ2v) is 23.2. The van der Waals surface area contributed by atoms with Gasteiger partial charge in [-0.1, -0.05) is 361 Å². The molecule has 4 heteroatoms. The number of hydrogen-bond acceptors (Lipinski definition) is 3. The zero-order chi connectivity index (χ0) is 56.2. The van der Waals surface area contributed by atoms with Crippen LogP contribution in [0.1, 0.15) is 348 Å². The Morgan fingerprint density at radius 3 is 0.846 bits per heavy atom. The topological polar surface area (TPSA) is 69.6 Å². The van der Waals surface area contributed by atoms with Crippen LogP contribution in [-0.2, 0) is 4.79 Å². The van der Waals surface area contributed by atoms with Crippen molar-refractivity contribution in [3.63, 3.8) is 0 Å². The van der Waals surface area contributed by atoms with Crippen LogP contribution in [0.25, 0.3) is 0 Å². The van der Waals surface area contributed by atoms with Crippen LogP contribution in [0.2, 0.25) is 0 Å². The summed E-state index contributed by atoms with van der Waals surface area (Å²) in [5, 5.41) is 23.5. The van der Waals surface area contributed by atoms with Crippen LogP contribution in [0, 0.1) is 0 Å². The number of carbonyl (C=O) groups excluding carboxylic acids is 1. The number of unbranched alkanes of at least 4 members (excludes halogenated alkanes) is 40. The van der Waals surface area contributed by atoms with Gasteiger partial charge < -0.3 is 15.5 Å². The molecular weight excluding hydrogens is 951 g/mol. The van der Waals surface area contributed by atoms with E-state index in [1.165, 1.54) is 244 Å². The molecule has 3 N–H and O–H groups in total. The third-order valence-corrected chi connectivity index (χ3v) is 15.6. The predicted octanol–water partition coefficient (Wildman–Crippen LogP) is 23.6. The largest absolute Gasteiger partial charge is 0.394 e. The standard InChI is InChI=1S/C74H133NO3/c1-3-5-7-9-11-13-15-17-19-21-23-25-27-29-31-33-35-37-39-41-43-45-47-49-51-53-55-57-59-61-63-65-67-69-73(77)72(71-76)75-74(78)70-68-66-64-62-60-58-56-54-52-50-48-46-44-42-40-38-36-34-32-30-28-26-24-22-20-18-16-14-12-10-8-6-4-2/h6,8,12,14,18,20,24,26,30,32,36,38,42,44,48,50,72-73,76-77H,3-5,7,9-11,13,15-17,19,21-23,25,27-29,31,33-35,37,39-41,43,45-47,49,51-71H2,1-2H3,(H,75,78)/b8-6-,14-12-,20-18-,26-24-,32-30-,38-36-,44-42-,50-48-. The van der Waals surface area contributed by atoms with Gasteiger partial charge in [0.05, 0.1) is 18.8 Å². The van der Waals surface area contributed by atoms with Crippen LogP contribution in [0.15, 0.2) is 97.2 Å². The predicted molar refractivity (Wildman–Crippen MR) is 350 cm³/mol. The zero-order valence-electron chi connectivity index (χ0n) is 52.2. The maximum absolute atomic E-state index is 12.6. The molecule has 4 nitrogen and oxygen atoms in total. The first-order valence-electron chi connectivity index (χ1n) is 34.4. The van der Waals surface area contributed by atoms with Crippen molar-refractivity contribution in [3.8, 4) is 0 Å². The minimum atomic E-state index is -0.672. The molecule has 0 fully saturated rings. The fourth-order valence-corrected chi connectivity index (χ4v) is 10.4. The van der Waals surface area contributed by atoms with E-state index in [1.54, 1.807) is 0 Å². The molecule has 0 radical (unpaired) electrons. The van der Waals surface area contributed by atoms with E-state index in [1.807, 2.05) is 0 Å². The van der Waals surface area contributed by atoms with Crippen molar-refractivity contribution in [1.29, 1.82) is 0 Å². The Morgan fingerprint density at radius 2 is 0.564 bits per heavy atom. The summed E-state index contributed by atoms with van der Waals surface area (Å²) in [6.45, 7) is 4.27. The van der Waals surface area contributed by atoms with E-state index < -0.39 is 12.1 Å². The average Bonchev–Trinajstić information content (AvgIpc) is 3.44. The Kier molecular flexibility index (Phi) is 66.2. The summed E-state index contributed by atoms with van der Waals surface area (Å²) in [5.41, 5.74) is 0. The molecule has 0 saturated carbocycles. The molecule has 0 aromatic heterocycles. The minimum Gasteiger partial charge on any atom is -0.394 e. The Hall–Kier alpha value is -2.69. The van der Waals surface area contributed by atoms with E-state index in [2.05, 4.69) is 116 Å². The molecule has 2 unspecified atom stereocenters. The fraction of sp³-hybridized carbons (Fsp3) is 0.770. The molecule has 452 valence electrons. The highest BCUT2D eigenvalue weighted by molar-refractivity contribution is 5.76. The summed E-state index contributed by atoms with van der Waals surface area (Å²) in [6, 6.07) is -0.550. The average molecular weight is 1080 g/mol. The summed E-state index contributed by atoms with van der Waals surface area (Å²) in [5.74, 6) is -0.0392. The number of nitrogens with one attached hydrogen (secondary N) is 1. The van der Waals surface area contributed by atoms with E-state index in [0.717, 1.165) is 77.0 Å². The van der Waals surface area contributed by atoms with Gasteiger partial charge in [-0.2, -0.15) is 0 Å². The molecule has 0 aromatic carbocycles. The van der Waals surface area contributed by atoms with Crippen LogP contribution >= 0.6 is 0 Å². The van der Waals surface area contributed by atoms with E-state index >= 15 is 0 Å². The summed E-state index contributed by atoms with van der Waals surface area (Å²) in [6.07, 6.45) is 102. The molecule has 0 heterocycles. The van der Waals surface area contributed by atoms with Crippen molar-refractivity contribution in [2.24, 2.45) is 0 Å². The minimum absolute atomic E-state index is 0.0392. The van der Waals surface area contributed by atoms with Gasteiger partial charge in [-0.3, -0.25) is 4.79 Å². The molecule has 0 rings (SSSR count). The van der Waals surface area contributed by atoms with Crippen LogP contribution < -0.4 is 5.32 Å². The smallest absolute Gasteiger partial charge is 0.220 e. The number of allylic oxidation sites excluding steroid dienone is 16. The molecule has 0 saturated heterocycles. The Morgan fingerprint density at radius 1 is 0.321 bits per heavy atom. The van der Waals surface area contributed by atoms with Gasteiger partial charge in [0.15, 0.2) is 0 Å². The summed E-state index contributed by atoms with van der Waals surface area (Å²) >= 11 is 0. The van der Waals surface area contributed by atoms with Gasteiger partial charge in [0.1, 0.15) is 0 Å². The molecule has 2 atom stereocenters. The second kappa shape index (κ2) is 68.6. The van der Waals surface area contributed by atoms with Crippen molar-refractivity contribution in [2.75, 3.05) is 6.61 Å². The lowest BCUT2D eigenvalue weighted by atomic mass is 10.0. The monoisotopic (exact) mass is 1080 g/mol. The number of amides is 1. The third kappa shape index (κ3) is 64.1. The number of aliphatic hydroxyl groups is 2. The first-order valence-corrected chi connectivity index (χ1v) is 34.4. The SMILES string of the molecule is CC/C=C\C/C=C\C/C=C\C/C=C\C/C=C\C/C=C\C/C=C\C/C=C\CCCCCCCCCCC(=O)NC(CO)C(O)CCCCCCCCCCCCCCCCCCCCCCCCCCCCCCCCCCC. The van der Waals surface area contributed by atoms with E-state index in [9.17, 15) is 15.0 Å². The Balaban J connectivity index is 3.49. The van der Waals surface area contributed by atoms with Crippen molar-refractivity contribution in [3.05, 3.63) is 97.2 Å². The van der Waals surface area contributed by atoms with E-state index in [-0.39, 0.29) is 12.5 Å². The number of hydrogen-bond donors (Lipinski definition) is 3. The third-order valence-electron chi connectivity index (χ3n) is 15.6. The lowest BCUT2D eigenvalue weighted by Crippen LogP contribution is -2.45. The molecule has 0 aliphatic rings. The van der Waals surface area contributed by atoms with Crippen molar-refractivity contribution >= 4 is 5.91 Å². The molecule has 0 aliphatic heterocycles. The number of aliphatic hydroxyl groups excluding tert-OH is 2. The van der Waals surface area contributed by atoms with Gasteiger partial charge in [-0.05, 0) is 77.0 Å². The normalized spacial score (nSPS) is 13.3. The summed E-state index contributed by atoms with van der Waals surface area (Å²) in [7, 11) is 0. The molecule has 0 bridgehead atoms. The molecule has 0 aromatic rings.